The molecule has 0 aliphatic heterocycles. The lowest BCUT2D eigenvalue weighted by molar-refractivity contribution is 0.462. The van der Waals surface area contributed by atoms with E-state index in [0.717, 1.165) is 18.8 Å². The van der Waals surface area contributed by atoms with Crippen LogP contribution in [0.1, 0.15) is 33.0 Å². The van der Waals surface area contributed by atoms with Gasteiger partial charge in [0.1, 0.15) is 12.2 Å². The van der Waals surface area contributed by atoms with Crippen molar-refractivity contribution in [2.24, 2.45) is 13.0 Å². The van der Waals surface area contributed by atoms with Gasteiger partial charge in [-0.05, 0) is 18.9 Å². The average Bonchev–Trinajstić information content (AvgIpc) is 2.51. The first-order valence-corrected chi connectivity index (χ1v) is 5.66. The van der Waals surface area contributed by atoms with Crippen molar-refractivity contribution in [1.29, 1.82) is 0 Å². The highest BCUT2D eigenvalue weighted by Crippen LogP contribution is 2.08. The fraction of sp³-hybridized carbons (Fsp3) is 0.818. The molecule has 0 bridgehead atoms. The van der Waals surface area contributed by atoms with E-state index in [4.69, 9.17) is 0 Å². The van der Waals surface area contributed by atoms with E-state index in [0.29, 0.717) is 12.0 Å². The first kappa shape index (κ1) is 12.2. The Labute approximate surface area is 92.1 Å². The lowest BCUT2D eigenvalue weighted by atomic mass is 10.0. The third kappa shape index (κ3) is 4.42. The molecule has 4 heteroatoms. The van der Waals surface area contributed by atoms with Gasteiger partial charge in [0.15, 0.2) is 0 Å². The van der Waals surface area contributed by atoms with Crippen molar-refractivity contribution in [3.63, 3.8) is 0 Å². The summed E-state index contributed by atoms with van der Waals surface area (Å²) < 4.78 is 1.85. The molecule has 1 heterocycles. The zero-order valence-electron chi connectivity index (χ0n) is 10.2. The maximum Gasteiger partial charge on any atom is 0.138 e. The number of hydrogen-bond donors (Lipinski definition) is 1. The largest absolute Gasteiger partial charge is 0.315 e. The highest BCUT2D eigenvalue weighted by molar-refractivity contribution is 4.85. The van der Waals surface area contributed by atoms with Crippen LogP contribution >= 0.6 is 0 Å². The van der Waals surface area contributed by atoms with Gasteiger partial charge in [0.05, 0.1) is 0 Å². The SMILES string of the molecule is CC(CCNC(C)C)Cc1ncnn1C. The summed E-state index contributed by atoms with van der Waals surface area (Å²) in [6.45, 7) is 7.69. The monoisotopic (exact) mass is 210 g/mol. The average molecular weight is 210 g/mol. The summed E-state index contributed by atoms with van der Waals surface area (Å²) in [5, 5.41) is 7.50. The Morgan fingerprint density at radius 2 is 2.13 bits per heavy atom. The molecule has 0 fully saturated rings. The second-order valence-electron chi connectivity index (χ2n) is 4.51. The maximum absolute atomic E-state index is 4.23. The van der Waals surface area contributed by atoms with Crippen LogP contribution in [0.4, 0.5) is 0 Å². The molecule has 1 unspecified atom stereocenters. The Balaban J connectivity index is 2.24. The summed E-state index contributed by atoms with van der Waals surface area (Å²) in [5.41, 5.74) is 0. The van der Waals surface area contributed by atoms with Gasteiger partial charge in [-0.15, -0.1) is 0 Å². The van der Waals surface area contributed by atoms with Crippen molar-refractivity contribution < 1.29 is 0 Å². The molecule has 4 nitrogen and oxygen atoms in total. The standard InChI is InChI=1S/C11H22N4/c1-9(2)12-6-5-10(3)7-11-13-8-14-15(11)4/h8-10,12H,5-7H2,1-4H3. The van der Waals surface area contributed by atoms with Gasteiger partial charge in [-0.3, -0.25) is 4.68 Å². The van der Waals surface area contributed by atoms with Gasteiger partial charge in [0.25, 0.3) is 0 Å². The summed E-state index contributed by atoms with van der Waals surface area (Å²) in [5.74, 6) is 1.73. The third-order valence-corrected chi connectivity index (χ3v) is 2.53. The number of rotatable bonds is 6. The third-order valence-electron chi connectivity index (χ3n) is 2.53. The summed E-state index contributed by atoms with van der Waals surface area (Å²) in [4.78, 5) is 4.23. The van der Waals surface area contributed by atoms with Crippen molar-refractivity contribution in [3.05, 3.63) is 12.2 Å². The molecule has 1 rings (SSSR count). The van der Waals surface area contributed by atoms with Crippen LogP contribution in [-0.2, 0) is 13.5 Å². The molecular formula is C11H22N4. The van der Waals surface area contributed by atoms with E-state index in [2.05, 4.69) is 36.2 Å². The quantitative estimate of drug-likeness (QED) is 0.771. The van der Waals surface area contributed by atoms with Crippen LogP contribution in [0.25, 0.3) is 0 Å². The molecule has 1 aromatic heterocycles. The van der Waals surface area contributed by atoms with Gasteiger partial charge in [-0.2, -0.15) is 5.10 Å². The molecule has 1 N–H and O–H groups in total. The minimum atomic E-state index is 0.576. The van der Waals surface area contributed by atoms with E-state index < -0.39 is 0 Å². The van der Waals surface area contributed by atoms with E-state index in [-0.39, 0.29) is 0 Å². The van der Waals surface area contributed by atoms with E-state index >= 15 is 0 Å². The Hall–Kier alpha value is -0.900. The van der Waals surface area contributed by atoms with Gasteiger partial charge < -0.3 is 5.32 Å². The molecule has 0 amide bonds. The molecule has 1 aromatic rings. The van der Waals surface area contributed by atoms with Gasteiger partial charge >= 0.3 is 0 Å². The Kier molecular flexibility index (Phi) is 4.75. The van der Waals surface area contributed by atoms with E-state index in [1.165, 1.54) is 6.42 Å². The lowest BCUT2D eigenvalue weighted by Gasteiger charge is -2.12. The predicted molar refractivity (Wildman–Crippen MR) is 61.6 cm³/mol. The first-order valence-electron chi connectivity index (χ1n) is 5.66. The van der Waals surface area contributed by atoms with E-state index in [1.807, 2.05) is 11.7 Å². The second-order valence-corrected chi connectivity index (χ2v) is 4.51. The zero-order chi connectivity index (χ0) is 11.3. The number of hydrogen-bond acceptors (Lipinski definition) is 3. The zero-order valence-corrected chi connectivity index (χ0v) is 10.2. The summed E-state index contributed by atoms with van der Waals surface area (Å²) in [7, 11) is 1.95. The van der Waals surface area contributed by atoms with Crippen LogP contribution < -0.4 is 5.32 Å². The minimum Gasteiger partial charge on any atom is -0.315 e. The van der Waals surface area contributed by atoms with Crippen LogP contribution in [-0.4, -0.2) is 27.4 Å². The van der Waals surface area contributed by atoms with Crippen LogP contribution in [0.15, 0.2) is 6.33 Å². The summed E-state index contributed by atoms with van der Waals surface area (Å²) in [6, 6.07) is 0.576. The summed E-state index contributed by atoms with van der Waals surface area (Å²) >= 11 is 0. The van der Waals surface area contributed by atoms with Crippen molar-refractivity contribution in [2.45, 2.75) is 39.7 Å². The molecule has 0 saturated heterocycles. The molecule has 0 radical (unpaired) electrons. The normalized spacial score (nSPS) is 13.4. The van der Waals surface area contributed by atoms with Crippen LogP contribution in [0.2, 0.25) is 0 Å². The number of nitrogens with zero attached hydrogens (tertiary/aromatic N) is 3. The highest BCUT2D eigenvalue weighted by Gasteiger charge is 2.07. The van der Waals surface area contributed by atoms with Crippen molar-refractivity contribution in [1.82, 2.24) is 20.1 Å². The molecule has 1 atom stereocenters. The molecule has 0 aliphatic rings. The summed E-state index contributed by atoms with van der Waals surface area (Å²) in [6.07, 6.45) is 3.82. The Morgan fingerprint density at radius 3 is 2.67 bits per heavy atom. The molecule has 0 aliphatic carbocycles. The molecule has 15 heavy (non-hydrogen) atoms. The molecule has 0 aromatic carbocycles. The van der Waals surface area contributed by atoms with Gasteiger partial charge in [-0.25, -0.2) is 4.98 Å². The first-order chi connectivity index (χ1) is 7.09. The van der Waals surface area contributed by atoms with Crippen molar-refractivity contribution >= 4 is 0 Å². The highest BCUT2D eigenvalue weighted by atomic mass is 15.3. The van der Waals surface area contributed by atoms with Gasteiger partial charge in [0.2, 0.25) is 0 Å². The Morgan fingerprint density at radius 1 is 1.40 bits per heavy atom. The second kappa shape index (κ2) is 5.85. The maximum atomic E-state index is 4.23. The molecule has 0 saturated carbocycles. The van der Waals surface area contributed by atoms with Crippen molar-refractivity contribution in [2.75, 3.05) is 6.54 Å². The van der Waals surface area contributed by atoms with Gasteiger partial charge in [0, 0.05) is 19.5 Å². The molecular weight excluding hydrogens is 188 g/mol. The Bertz CT molecular complexity index is 280. The number of aryl methyl sites for hydroxylation is 1. The predicted octanol–water partition coefficient (Wildman–Crippen LogP) is 1.38. The fourth-order valence-electron chi connectivity index (χ4n) is 1.54. The number of aromatic nitrogens is 3. The topological polar surface area (TPSA) is 42.7 Å². The molecule has 0 spiro atoms. The molecule has 86 valence electrons. The smallest absolute Gasteiger partial charge is 0.138 e. The lowest BCUT2D eigenvalue weighted by Crippen LogP contribution is -2.25. The van der Waals surface area contributed by atoms with Crippen molar-refractivity contribution in [3.8, 4) is 0 Å². The van der Waals surface area contributed by atoms with Gasteiger partial charge in [-0.1, -0.05) is 20.8 Å². The fourth-order valence-corrected chi connectivity index (χ4v) is 1.54. The minimum absolute atomic E-state index is 0.576. The van der Waals surface area contributed by atoms with Crippen LogP contribution in [0, 0.1) is 5.92 Å². The van der Waals surface area contributed by atoms with E-state index in [1.54, 1.807) is 6.33 Å². The number of nitrogens with one attached hydrogen (secondary N) is 1. The van der Waals surface area contributed by atoms with Crippen LogP contribution in [0.3, 0.4) is 0 Å². The van der Waals surface area contributed by atoms with E-state index in [9.17, 15) is 0 Å². The van der Waals surface area contributed by atoms with Crippen LogP contribution in [0.5, 0.6) is 0 Å².